The van der Waals surface area contributed by atoms with Crippen LogP contribution < -0.4 is 5.32 Å². The van der Waals surface area contributed by atoms with Gasteiger partial charge in [-0.15, -0.1) is 0 Å². The molecule has 0 bridgehead atoms. The van der Waals surface area contributed by atoms with Gasteiger partial charge in [-0.2, -0.15) is 10.2 Å². The smallest absolute Gasteiger partial charge is 0.272 e. The minimum atomic E-state index is -0.278. The van der Waals surface area contributed by atoms with Crippen molar-refractivity contribution in [3.63, 3.8) is 0 Å². The van der Waals surface area contributed by atoms with Crippen LogP contribution in [0.5, 0.6) is 0 Å². The molecule has 0 unspecified atom stereocenters. The number of H-pyrrole nitrogens is 1. The Bertz CT molecular complexity index is 1060. The predicted molar refractivity (Wildman–Crippen MR) is 104 cm³/mol. The molecule has 0 atom stereocenters. The minimum absolute atomic E-state index is 0.0772. The second kappa shape index (κ2) is 6.95. The van der Waals surface area contributed by atoms with Crippen LogP contribution in [0.25, 0.3) is 11.3 Å². The molecule has 1 aliphatic rings. The average molecular weight is 378 g/mol. The van der Waals surface area contributed by atoms with Crippen molar-refractivity contribution >= 4 is 11.8 Å². The molecule has 0 radical (unpaired) electrons. The number of likely N-dealkylation sites (N-methyl/N-ethyl adjacent to an activating group) is 1. The lowest BCUT2D eigenvalue weighted by Gasteiger charge is -2.24. The summed E-state index contributed by atoms with van der Waals surface area (Å²) < 4.78 is 1.69. The highest BCUT2D eigenvalue weighted by Gasteiger charge is 2.26. The minimum Gasteiger partial charge on any atom is -0.346 e. The molecule has 144 valence electrons. The molecule has 2 aromatic heterocycles. The molecule has 8 heteroatoms. The van der Waals surface area contributed by atoms with E-state index < -0.39 is 0 Å². The first kappa shape index (κ1) is 18.0. The van der Waals surface area contributed by atoms with Crippen LogP contribution in [0, 0.1) is 13.8 Å². The van der Waals surface area contributed by atoms with Crippen molar-refractivity contribution in [2.45, 2.75) is 26.9 Å². The number of aromatic nitrogens is 4. The van der Waals surface area contributed by atoms with E-state index in [0.29, 0.717) is 30.0 Å². The zero-order chi connectivity index (χ0) is 19.8. The molecular weight excluding hydrogens is 356 g/mol. The first-order valence-corrected chi connectivity index (χ1v) is 9.15. The molecule has 0 fully saturated rings. The Kier molecular flexibility index (Phi) is 4.46. The van der Waals surface area contributed by atoms with E-state index in [1.54, 1.807) is 28.9 Å². The molecule has 0 aliphatic carbocycles. The van der Waals surface area contributed by atoms with Crippen molar-refractivity contribution < 1.29 is 9.59 Å². The second-order valence-electron chi connectivity index (χ2n) is 7.14. The van der Waals surface area contributed by atoms with Crippen LogP contribution in [0.1, 0.15) is 37.7 Å². The number of benzene rings is 1. The zero-order valence-electron chi connectivity index (χ0n) is 16.1. The highest BCUT2D eigenvalue weighted by atomic mass is 16.2. The summed E-state index contributed by atoms with van der Waals surface area (Å²) in [5.74, 6) is -0.355. The van der Waals surface area contributed by atoms with Gasteiger partial charge in [0.1, 0.15) is 11.4 Å². The number of aryl methyl sites for hydroxylation is 2. The molecule has 2 N–H and O–H groups in total. The number of rotatable bonds is 4. The van der Waals surface area contributed by atoms with Crippen molar-refractivity contribution in [2.75, 3.05) is 13.6 Å². The van der Waals surface area contributed by atoms with Gasteiger partial charge < -0.3 is 10.2 Å². The van der Waals surface area contributed by atoms with Gasteiger partial charge in [-0.1, -0.05) is 23.8 Å². The maximum absolute atomic E-state index is 12.5. The number of aromatic amines is 1. The van der Waals surface area contributed by atoms with Gasteiger partial charge in [0, 0.05) is 31.3 Å². The number of hydrogen-bond acceptors (Lipinski definition) is 4. The summed E-state index contributed by atoms with van der Waals surface area (Å²) in [5, 5.41) is 14.2. The lowest BCUT2D eigenvalue weighted by molar-refractivity contribution is 0.0740. The third kappa shape index (κ3) is 3.17. The summed E-state index contributed by atoms with van der Waals surface area (Å²) in [5.41, 5.74) is 5.61. The van der Waals surface area contributed by atoms with E-state index in [0.717, 1.165) is 16.8 Å². The molecule has 1 aliphatic heterocycles. The van der Waals surface area contributed by atoms with Gasteiger partial charge in [0.15, 0.2) is 0 Å². The number of nitrogens with zero attached hydrogens (tertiary/aromatic N) is 4. The van der Waals surface area contributed by atoms with E-state index in [4.69, 9.17) is 0 Å². The monoisotopic (exact) mass is 378 g/mol. The van der Waals surface area contributed by atoms with E-state index in [-0.39, 0.29) is 18.4 Å². The molecule has 2 amide bonds. The Morgan fingerprint density at radius 3 is 2.86 bits per heavy atom. The molecule has 4 rings (SSSR count). The van der Waals surface area contributed by atoms with Gasteiger partial charge >= 0.3 is 0 Å². The maximum Gasteiger partial charge on any atom is 0.272 e. The predicted octanol–water partition coefficient (Wildman–Crippen LogP) is 1.91. The SMILES string of the molecule is Cc1ccc(-c2cc(C(=O)NCc3cnn4c3C(=O)N(C)CC4)[nH]n2)c(C)c1. The normalized spacial score (nSPS) is 13.5. The van der Waals surface area contributed by atoms with E-state index in [9.17, 15) is 9.59 Å². The van der Waals surface area contributed by atoms with Crippen LogP contribution in [0.2, 0.25) is 0 Å². The summed E-state index contributed by atoms with van der Waals surface area (Å²) in [6.07, 6.45) is 1.64. The first-order valence-electron chi connectivity index (χ1n) is 9.15. The first-order chi connectivity index (χ1) is 13.4. The third-order valence-corrected chi connectivity index (χ3v) is 5.03. The molecule has 28 heavy (non-hydrogen) atoms. The summed E-state index contributed by atoms with van der Waals surface area (Å²) in [6.45, 7) is 5.58. The summed E-state index contributed by atoms with van der Waals surface area (Å²) in [6, 6.07) is 7.85. The highest BCUT2D eigenvalue weighted by molar-refractivity contribution is 5.95. The second-order valence-corrected chi connectivity index (χ2v) is 7.14. The lowest BCUT2D eigenvalue weighted by Crippen LogP contribution is -2.38. The quantitative estimate of drug-likeness (QED) is 0.725. The van der Waals surface area contributed by atoms with Gasteiger partial charge in [0.25, 0.3) is 11.8 Å². The van der Waals surface area contributed by atoms with Crippen molar-refractivity contribution in [3.8, 4) is 11.3 Å². The van der Waals surface area contributed by atoms with E-state index >= 15 is 0 Å². The number of carbonyl (C=O) groups excluding carboxylic acids is 2. The highest BCUT2D eigenvalue weighted by Crippen LogP contribution is 2.23. The third-order valence-electron chi connectivity index (χ3n) is 5.03. The Morgan fingerprint density at radius 1 is 1.25 bits per heavy atom. The molecule has 1 aromatic carbocycles. The number of fused-ring (bicyclic) bond motifs is 1. The molecule has 0 saturated carbocycles. The van der Waals surface area contributed by atoms with Gasteiger partial charge in [-0.3, -0.25) is 19.4 Å². The summed E-state index contributed by atoms with van der Waals surface area (Å²) in [4.78, 5) is 26.6. The van der Waals surface area contributed by atoms with E-state index in [1.165, 1.54) is 5.56 Å². The standard InChI is InChI=1S/C20H22N6O2/c1-12-4-5-15(13(2)8-12)16-9-17(24-23-16)19(27)21-10-14-11-22-26-7-6-25(3)20(28)18(14)26/h4-5,8-9,11H,6-7,10H2,1-3H3,(H,21,27)(H,23,24). The summed E-state index contributed by atoms with van der Waals surface area (Å²) >= 11 is 0. The fourth-order valence-electron chi connectivity index (χ4n) is 3.45. The van der Waals surface area contributed by atoms with Crippen LogP contribution in [-0.4, -0.2) is 50.3 Å². The number of carbonyl (C=O) groups is 2. The fourth-order valence-corrected chi connectivity index (χ4v) is 3.45. The topological polar surface area (TPSA) is 95.9 Å². The summed E-state index contributed by atoms with van der Waals surface area (Å²) in [7, 11) is 1.76. The molecule has 0 spiro atoms. The van der Waals surface area contributed by atoms with Gasteiger partial charge in [0.2, 0.25) is 0 Å². The Labute approximate surface area is 162 Å². The van der Waals surface area contributed by atoms with Gasteiger partial charge in [0.05, 0.1) is 18.4 Å². The van der Waals surface area contributed by atoms with Crippen molar-refractivity contribution in [1.82, 2.24) is 30.2 Å². The van der Waals surface area contributed by atoms with Crippen LogP contribution in [-0.2, 0) is 13.1 Å². The van der Waals surface area contributed by atoms with E-state index in [1.807, 2.05) is 26.0 Å². The van der Waals surface area contributed by atoms with Crippen LogP contribution in [0.3, 0.4) is 0 Å². The van der Waals surface area contributed by atoms with Gasteiger partial charge in [-0.05, 0) is 25.5 Å². The Morgan fingerprint density at radius 2 is 2.07 bits per heavy atom. The number of amides is 2. The zero-order valence-corrected chi connectivity index (χ0v) is 16.1. The molecular formula is C20H22N6O2. The fraction of sp³-hybridized carbons (Fsp3) is 0.300. The maximum atomic E-state index is 12.5. The average Bonchev–Trinajstić information content (AvgIpc) is 3.30. The lowest BCUT2D eigenvalue weighted by atomic mass is 10.0. The Hall–Kier alpha value is -3.42. The van der Waals surface area contributed by atoms with Gasteiger partial charge in [-0.25, -0.2) is 0 Å². The van der Waals surface area contributed by atoms with Crippen LogP contribution >= 0.6 is 0 Å². The number of nitrogens with one attached hydrogen (secondary N) is 2. The van der Waals surface area contributed by atoms with Crippen molar-refractivity contribution in [3.05, 3.63) is 58.5 Å². The molecule has 8 nitrogen and oxygen atoms in total. The largest absolute Gasteiger partial charge is 0.346 e. The number of hydrogen-bond donors (Lipinski definition) is 2. The van der Waals surface area contributed by atoms with Crippen LogP contribution in [0.4, 0.5) is 0 Å². The van der Waals surface area contributed by atoms with Crippen LogP contribution in [0.15, 0.2) is 30.5 Å². The molecule has 0 saturated heterocycles. The van der Waals surface area contributed by atoms with E-state index in [2.05, 4.69) is 26.7 Å². The van der Waals surface area contributed by atoms with Crippen molar-refractivity contribution in [1.29, 1.82) is 0 Å². The molecule has 3 aromatic rings. The van der Waals surface area contributed by atoms with Crippen molar-refractivity contribution in [2.24, 2.45) is 0 Å². The molecule has 3 heterocycles. The Balaban J connectivity index is 1.48.